The lowest BCUT2D eigenvalue weighted by Gasteiger charge is -2.29. The van der Waals surface area contributed by atoms with Gasteiger partial charge in [-0.3, -0.25) is 0 Å². The van der Waals surface area contributed by atoms with E-state index in [2.05, 4.69) is 26.0 Å². The zero-order chi connectivity index (χ0) is 21.9. The molecule has 0 aliphatic heterocycles. The van der Waals surface area contributed by atoms with Crippen LogP contribution in [0.2, 0.25) is 0 Å². The van der Waals surface area contributed by atoms with E-state index in [0.29, 0.717) is 17.2 Å². The smallest absolute Gasteiger partial charge is 0.343 e. The van der Waals surface area contributed by atoms with Crippen LogP contribution in [0, 0.1) is 5.92 Å². The Kier molecular flexibility index (Phi) is 9.65. The maximum absolute atomic E-state index is 12.5. The number of benzene rings is 2. The summed E-state index contributed by atoms with van der Waals surface area (Å²) in [6.45, 7) is 4.47. The number of hydrogen-bond acceptors (Lipinski definition) is 2. The average Bonchev–Trinajstić information content (AvgIpc) is 2.82. The Morgan fingerprint density at radius 1 is 0.806 bits per heavy atom. The summed E-state index contributed by atoms with van der Waals surface area (Å²) in [6, 6.07) is 16.1. The summed E-state index contributed by atoms with van der Waals surface area (Å²) in [5.74, 6) is 1.95. The number of hydrogen-bond donors (Lipinski definition) is 0. The molecule has 3 rings (SSSR count). The van der Waals surface area contributed by atoms with Crippen molar-refractivity contribution in [1.82, 2.24) is 0 Å². The second-order valence-electron chi connectivity index (χ2n) is 9.33. The first-order valence-electron chi connectivity index (χ1n) is 12.6. The highest BCUT2D eigenvalue weighted by atomic mass is 16.5. The van der Waals surface area contributed by atoms with Crippen LogP contribution in [0.25, 0.3) is 0 Å². The van der Waals surface area contributed by atoms with Gasteiger partial charge in [0.15, 0.2) is 0 Å². The van der Waals surface area contributed by atoms with Crippen molar-refractivity contribution < 1.29 is 9.53 Å². The third-order valence-corrected chi connectivity index (χ3v) is 6.88. The molecule has 1 fully saturated rings. The van der Waals surface area contributed by atoms with Crippen LogP contribution in [-0.4, -0.2) is 5.97 Å². The highest BCUT2D eigenvalue weighted by Gasteiger charge is 2.22. The van der Waals surface area contributed by atoms with E-state index in [-0.39, 0.29) is 5.97 Å². The fourth-order valence-electron chi connectivity index (χ4n) is 4.81. The van der Waals surface area contributed by atoms with E-state index in [4.69, 9.17) is 4.74 Å². The molecule has 0 atom stereocenters. The van der Waals surface area contributed by atoms with E-state index in [1.165, 1.54) is 81.8 Å². The fraction of sp³-hybridized carbons (Fsp3) is 0.552. The predicted molar refractivity (Wildman–Crippen MR) is 130 cm³/mol. The van der Waals surface area contributed by atoms with Gasteiger partial charge < -0.3 is 4.74 Å². The van der Waals surface area contributed by atoms with E-state index in [9.17, 15) is 4.79 Å². The van der Waals surface area contributed by atoms with Crippen LogP contribution in [-0.2, 0) is 6.42 Å². The first kappa shape index (κ1) is 23.6. The largest absolute Gasteiger partial charge is 0.423 e. The first-order valence-corrected chi connectivity index (χ1v) is 12.6. The van der Waals surface area contributed by atoms with Crippen LogP contribution in [0.5, 0.6) is 5.75 Å². The zero-order valence-electron chi connectivity index (χ0n) is 19.6. The number of unbranched alkanes of at least 4 members (excludes halogenated alkanes) is 4. The number of rotatable bonds is 11. The molecule has 0 bridgehead atoms. The molecule has 0 amide bonds. The summed E-state index contributed by atoms with van der Waals surface area (Å²) >= 11 is 0. The summed E-state index contributed by atoms with van der Waals surface area (Å²) < 4.78 is 5.61. The van der Waals surface area contributed by atoms with Gasteiger partial charge in [-0.25, -0.2) is 4.79 Å². The molecule has 2 nitrogen and oxygen atoms in total. The topological polar surface area (TPSA) is 26.3 Å². The molecule has 31 heavy (non-hydrogen) atoms. The Bertz CT molecular complexity index is 767. The van der Waals surface area contributed by atoms with Crippen molar-refractivity contribution in [2.75, 3.05) is 0 Å². The van der Waals surface area contributed by atoms with Crippen molar-refractivity contribution in [3.63, 3.8) is 0 Å². The van der Waals surface area contributed by atoms with E-state index in [0.717, 1.165) is 12.3 Å². The molecule has 0 radical (unpaired) electrons. The van der Waals surface area contributed by atoms with Gasteiger partial charge in [-0.15, -0.1) is 0 Å². The van der Waals surface area contributed by atoms with Gasteiger partial charge in [0.2, 0.25) is 0 Å². The van der Waals surface area contributed by atoms with Gasteiger partial charge in [-0.2, -0.15) is 0 Å². The molecule has 0 saturated heterocycles. The van der Waals surface area contributed by atoms with Gasteiger partial charge in [-0.05, 0) is 85.8 Å². The van der Waals surface area contributed by atoms with Crippen LogP contribution >= 0.6 is 0 Å². The second-order valence-corrected chi connectivity index (χ2v) is 9.33. The highest BCUT2D eigenvalue weighted by Crippen LogP contribution is 2.38. The molecule has 0 unspecified atom stereocenters. The van der Waals surface area contributed by atoms with E-state index < -0.39 is 0 Å². The van der Waals surface area contributed by atoms with Gasteiger partial charge in [0.05, 0.1) is 5.56 Å². The molecule has 0 heterocycles. The van der Waals surface area contributed by atoms with E-state index in [1.54, 1.807) is 0 Å². The van der Waals surface area contributed by atoms with Crippen LogP contribution < -0.4 is 4.74 Å². The quantitative estimate of drug-likeness (QED) is 0.207. The van der Waals surface area contributed by atoms with Gasteiger partial charge in [0.25, 0.3) is 0 Å². The Morgan fingerprint density at radius 3 is 2.13 bits per heavy atom. The van der Waals surface area contributed by atoms with Gasteiger partial charge in [0, 0.05) is 0 Å². The van der Waals surface area contributed by atoms with Crippen molar-refractivity contribution in [3.8, 4) is 5.75 Å². The van der Waals surface area contributed by atoms with Gasteiger partial charge >= 0.3 is 5.97 Å². The molecule has 0 aromatic heterocycles. The first-order chi connectivity index (χ1) is 15.2. The maximum atomic E-state index is 12.5. The lowest BCUT2D eigenvalue weighted by Crippen LogP contribution is -2.13. The molecule has 1 aliphatic carbocycles. The zero-order valence-corrected chi connectivity index (χ0v) is 19.6. The predicted octanol–water partition coefficient (Wildman–Crippen LogP) is 8.49. The molecule has 2 aromatic rings. The third-order valence-electron chi connectivity index (χ3n) is 6.88. The van der Waals surface area contributed by atoms with Crippen molar-refractivity contribution >= 4 is 5.97 Å². The number of aryl methyl sites for hydroxylation is 1. The Hall–Kier alpha value is -2.09. The van der Waals surface area contributed by atoms with Crippen LogP contribution in [0.3, 0.4) is 0 Å². The second kappa shape index (κ2) is 12.7. The molecular weight excluding hydrogens is 380 g/mol. The standard InChI is InChI=1S/C29H40O2/c1-3-5-7-8-10-24-11-15-25(16-12-24)26-19-21-28(22-20-26)31-29(30)27-17-13-23(14-18-27)9-6-4-2/h13-14,17-22,24-25H,3-12,15-16H2,1-2H3. The minimum absolute atomic E-state index is 0.279. The SMILES string of the molecule is CCCCCCC1CCC(c2ccc(OC(=O)c3ccc(CCCC)cc3)cc2)CC1. The number of carbonyl (C=O) groups is 1. The van der Waals surface area contributed by atoms with Gasteiger partial charge in [0.1, 0.15) is 5.75 Å². The molecular formula is C29H40O2. The Morgan fingerprint density at radius 2 is 1.48 bits per heavy atom. The van der Waals surface area contributed by atoms with Crippen LogP contribution in [0.1, 0.15) is 112 Å². The summed E-state index contributed by atoms with van der Waals surface area (Å²) in [6.07, 6.45) is 15.7. The molecule has 2 aromatic carbocycles. The minimum Gasteiger partial charge on any atom is -0.423 e. The number of esters is 1. The molecule has 1 aliphatic rings. The van der Waals surface area contributed by atoms with E-state index in [1.807, 2.05) is 36.4 Å². The van der Waals surface area contributed by atoms with Crippen LogP contribution in [0.15, 0.2) is 48.5 Å². The Balaban J connectivity index is 1.45. The summed E-state index contributed by atoms with van der Waals surface area (Å²) in [4.78, 5) is 12.5. The fourth-order valence-corrected chi connectivity index (χ4v) is 4.81. The molecule has 168 valence electrons. The van der Waals surface area contributed by atoms with Crippen LogP contribution in [0.4, 0.5) is 0 Å². The molecule has 0 N–H and O–H groups in total. The van der Waals surface area contributed by atoms with Crippen molar-refractivity contribution in [2.24, 2.45) is 5.92 Å². The number of ether oxygens (including phenoxy) is 1. The van der Waals surface area contributed by atoms with Crippen molar-refractivity contribution in [2.45, 2.75) is 96.8 Å². The summed E-state index contributed by atoms with van der Waals surface area (Å²) in [5, 5.41) is 0. The van der Waals surface area contributed by atoms with Crippen molar-refractivity contribution in [1.29, 1.82) is 0 Å². The minimum atomic E-state index is -0.279. The summed E-state index contributed by atoms with van der Waals surface area (Å²) in [7, 11) is 0. The third kappa shape index (κ3) is 7.52. The van der Waals surface area contributed by atoms with E-state index >= 15 is 0 Å². The normalized spacial score (nSPS) is 18.6. The Labute approximate surface area is 189 Å². The maximum Gasteiger partial charge on any atom is 0.343 e. The summed E-state index contributed by atoms with van der Waals surface area (Å²) in [5.41, 5.74) is 3.28. The molecule has 2 heteroatoms. The number of carbonyl (C=O) groups excluding carboxylic acids is 1. The highest BCUT2D eigenvalue weighted by molar-refractivity contribution is 5.91. The monoisotopic (exact) mass is 420 g/mol. The van der Waals surface area contributed by atoms with Gasteiger partial charge in [-0.1, -0.05) is 76.6 Å². The molecule has 1 saturated carbocycles. The lowest BCUT2D eigenvalue weighted by atomic mass is 9.77. The average molecular weight is 421 g/mol. The van der Waals surface area contributed by atoms with Crippen molar-refractivity contribution in [3.05, 3.63) is 65.2 Å². The molecule has 0 spiro atoms. The lowest BCUT2D eigenvalue weighted by molar-refractivity contribution is 0.0734.